The molecule has 1 aromatic rings. The van der Waals surface area contributed by atoms with Gasteiger partial charge in [-0.05, 0) is 19.2 Å². The molecule has 0 bridgehead atoms. The van der Waals surface area contributed by atoms with Crippen LogP contribution in [0.1, 0.15) is 10.4 Å². The Morgan fingerprint density at radius 3 is 2.69 bits per heavy atom. The summed E-state index contributed by atoms with van der Waals surface area (Å²) in [5.41, 5.74) is 0.494. The molecule has 1 aliphatic heterocycles. The first-order valence-electron chi connectivity index (χ1n) is 5.27. The Hall–Kier alpha value is -1.13. The minimum Gasteiger partial charge on any atom is -0.336 e. The van der Waals surface area contributed by atoms with E-state index in [1.54, 1.807) is 18.3 Å². The van der Waals surface area contributed by atoms with Crippen molar-refractivity contribution in [3.8, 4) is 0 Å². The second-order valence-electron chi connectivity index (χ2n) is 3.94. The molecule has 4 nitrogen and oxygen atoms in total. The molecule has 0 N–H and O–H groups in total. The Morgan fingerprint density at radius 2 is 2.06 bits per heavy atom. The highest BCUT2D eigenvalue weighted by molar-refractivity contribution is 6.32. The molecule has 5 heteroatoms. The molecule has 0 aromatic carbocycles. The first-order chi connectivity index (χ1) is 7.68. The number of likely N-dealkylation sites (N-methyl/N-ethyl adjacent to an activating group) is 1. The van der Waals surface area contributed by atoms with Crippen molar-refractivity contribution in [1.29, 1.82) is 0 Å². The normalized spacial score (nSPS) is 17.5. The second-order valence-corrected chi connectivity index (χ2v) is 4.30. The van der Waals surface area contributed by atoms with Gasteiger partial charge in [0.25, 0.3) is 5.91 Å². The minimum absolute atomic E-state index is 0.0220. The molecule has 0 radical (unpaired) electrons. The number of halogens is 1. The van der Waals surface area contributed by atoms with E-state index in [2.05, 4.69) is 16.9 Å². The fraction of sp³-hybridized carbons (Fsp3) is 0.455. The lowest BCUT2D eigenvalue weighted by atomic mass is 10.2. The highest BCUT2D eigenvalue weighted by Crippen LogP contribution is 2.15. The Labute approximate surface area is 99.8 Å². The molecule has 1 saturated heterocycles. The summed E-state index contributed by atoms with van der Waals surface area (Å²) in [5, 5.41) is 0.284. The van der Waals surface area contributed by atoms with E-state index in [4.69, 9.17) is 11.6 Å². The summed E-state index contributed by atoms with van der Waals surface area (Å²) >= 11 is 5.90. The molecule has 1 aromatic heterocycles. The van der Waals surface area contributed by atoms with E-state index in [0.29, 0.717) is 5.56 Å². The molecular weight excluding hydrogens is 226 g/mol. The predicted molar refractivity (Wildman–Crippen MR) is 62.6 cm³/mol. The Balaban J connectivity index is 2.11. The summed E-state index contributed by atoms with van der Waals surface area (Å²) in [6.07, 6.45) is 1.59. The number of piperazine rings is 1. The van der Waals surface area contributed by atoms with Gasteiger partial charge in [0, 0.05) is 32.4 Å². The molecule has 1 aliphatic rings. The standard InChI is InChI=1S/C11H14ClN3O/c1-14-5-7-15(8-6-14)11(16)9-3-2-4-13-10(9)12/h2-4H,5-8H2,1H3. The lowest BCUT2D eigenvalue weighted by Gasteiger charge is -2.32. The minimum atomic E-state index is -0.0220. The van der Waals surface area contributed by atoms with E-state index in [1.807, 2.05) is 4.90 Å². The monoisotopic (exact) mass is 239 g/mol. The SMILES string of the molecule is CN1CCN(C(=O)c2cccnc2Cl)CC1. The van der Waals surface area contributed by atoms with Crippen LogP contribution in [0, 0.1) is 0 Å². The largest absolute Gasteiger partial charge is 0.336 e. The average molecular weight is 240 g/mol. The van der Waals surface area contributed by atoms with Gasteiger partial charge in [-0.25, -0.2) is 4.98 Å². The van der Waals surface area contributed by atoms with Crippen molar-refractivity contribution >= 4 is 17.5 Å². The van der Waals surface area contributed by atoms with Crippen LogP contribution in [0.15, 0.2) is 18.3 Å². The number of hydrogen-bond acceptors (Lipinski definition) is 3. The third-order valence-corrected chi connectivity index (χ3v) is 3.08. The molecule has 1 amide bonds. The van der Waals surface area contributed by atoms with Crippen LogP contribution in [0.3, 0.4) is 0 Å². The van der Waals surface area contributed by atoms with Crippen molar-refractivity contribution < 1.29 is 4.79 Å². The fourth-order valence-corrected chi connectivity index (χ4v) is 1.93. The molecular formula is C11H14ClN3O. The molecule has 0 saturated carbocycles. The Kier molecular flexibility index (Phi) is 3.41. The molecule has 0 unspecified atom stereocenters. The quantitative estimate of drug-likeness (QED) is 0.690. The van der Waals surface area contributed by atoms with Gasteiger partial charge in [0.05, 0.1) is 5.56 Å². The zero-order valence-electron chi connectivity index (χ0n) is 9.19. The van der Waals surface area contributed by atoms with Gasteiger partial charge in [0.15, 0.2) is 0 Å². The molecule has 16 heavy (non-hydrogen) atoms. The van der Waals surface area contributed by atoms with Crippen molar-refractivity contribution in [2.75, 3.05) is 33.2 Å². The van der Waals surface area contributed by atoms with Crippen LogP contribution in [0.4, 0.5) is 0 Å². The number of pyridine rings is 1. The zero-order valence-corrected chi connectivity index (χ0v) is 9.94. The topological polar surface area (TPSA) is 36.4 Å². The number of amides is 1. The lowest BCUT2D eigenvalue weighted by molar-refractivity contribution is 0.0664. The van der Waals surface area contributed by atoms with E-state index in [0.717, 1.165) is 26.2 Å². The van der Waals surface area contributed by atoms with E-state index >= 15 is 0 Å². The summed E-state index contributed by atoms with van der Waals surface area (Å²) in [6.45, 7) is 3.31. The number of hydrogen-bond donors (Lipinski definition) is 0. The van der Waals surface area contributed by atoms with Crippen molar-refractivity contribution in [3.63, 3.8) is 0 Å². The van der Waals surface area contributed by atoms with Gasteiger partial charge in [-0.2, -0.15) is 0 Å². The Morgan fingerprint density at radius 1 is 1.38 bits per heavy atom. The molecule has 86 valence electrons. The molecule has 2 heterocycles. The van der Waals surface area contributed by atoms with Crippen LogP contribution in [-0.4, -0.2) is 53.9 Å². The number of carbonyl (C=O) groups is 1. The van der Waals surface area contributed by atoms with Gasteiger partial charge < -0.3 is 9.80 Å². The maximum Gasteiger partial charge on any atom is 0.257 e. The first kappa shape index (κ1) is 11.4. The summed E-state index contributed by atoms with van der Waals surface area (Å²) in [7, 11) is 2.05. The highest BCUT2D eigenvalue weighted by Gasteiger charge is 2.22. The van der Waals surface area contributed by atoms with Crippen molar-refractivity contribution in [3.05, 3.63) is 29.0 Å². The van der Waals surface area contributed by atoms with Crippen LogP contribution in [-0.2, 0) is 0 Å². The lowest BCUT2D eigenvalue weighted by Crippen LogP contribution is -2.47. The van der Waals surface area contributed by atoms with Crippen molar-refractivity contribution in [2.45, 2.75) is 0 Å². The van der Waals surface area contributed by atoms with E-state index < -0.39 is 0 Å². The predicted octanol–water partition coefficient (Wildman–Crippen LogP) is 1.12. The molecule has 0 aliphatic carbocycles. The first-order valence-corrected chi connectivity index (χ1v) is 5.64. The van der Waals surface area contributed by atoms with Gasteiger partial charge >= 0.3 is 0 Å². The van der Waals surface area contributed by atoms with Crippen LogP contribution in [0.25, 0.3) is 0 Å². The van der Waals surface area contributed by atoms with E-state index in [9.17, 15) is 4.79 Å². The van der Waals surface area contributed by atoms with E-state index in [-0.39, 0.29) is 11.1 Å². The molecule has 2 rings (SSSR count). The number of aromatic nitrogens is 1. The van der Waals surface area contributed by atoms with Crippen molar-refractivity contribution in [1.82, 2.24) is 14.8 Å². The van der Waals surface area contributed by atoms with Crippen LogP contribution < -0.4 is 0 Å². The van der Waals surface area contributed by atoms with Crippen LogP contribution in [0.5, 0.6) is 0 Å². The second kappa shape index (κ2) is 4.80. The maximum absolute atomic E-state index is 12.1. The summed E-state index contributed by atoms with van der Waals surface area (Å²) in [6, 6.07) is 3.45. The third kappa shape index (κ3) is 2.33. The van der Waals surface area contributed by atoms with Gasteiger partial charge in [0.1, 0.15) is 5.15 Å². The average Bonchev–Trinajstić information content (AvgIpc) is 2.30. The summed E-state index contributed by atoms with van der Waals surface area (Å²) < 4.78 is 0. The number of rotatable bonds is 1. The van der Waals surface area contributed by atoms with Crippen LogP contribution >= 0.6 is 11.6 Å². The number of nitrogens with zero attached hydrogens (tertiary/aromatic N) is 3. The number of carbonyl (C=O) groups excluding carboxylic acids is 1. The fourth-order valence-electron chi connectivity index (χ4n) is 1.73. The maximum atomic E-state index is 12.1. The summed E-state index contributed by atoms with van der Waals surface area (Å²) in [4.78, 5) is 20.1. The van der Waals surface area contributed by atoms with Crippen molar-refractivity contribution in [2.24, 2.45) is 0 Å². The smallest absolute Gasteiger partial charge is 0.257 e. The van der Waals surface area contributed by atoms with Gasteiger partial charge in [-0.1, -0.05) is 11.6 Å². The third-order valence-electron chi connectivity index (χ3n) is 2.78. The molecule has 0 spiro atoms. The van der Waals surface area contributed by atoms with Crippen LogP contribution in [0.2, 0.25) is 5.15 Å². The van der Waals surface area contributed by atoms with E-state index in [1.165, 1.54) is 0 Å². The Bertz CT molecular complexity index is 389. The van der Waals surface area contributed by atoms with Gasteiger partial charge in [-0.3, -0.25) is 4.79 Å². The summed E-state index contributed by atoms with van der Waals surface area (Å²) in [5.74, 6) is -0.0220. The zero-order chi connectivity index (χ0) is 11.5. The van der Waals surface area contributed by atoms with Gasteiger partial charge in [-0.15, -0.1) is 0 Å². The molecule has 0 atom stereocenters. The van der Waals surface area contributed by atoms with Gasteiger partial charge in [0.2, 0.25) is 0 Å². The highest BCUT2D eigenvalue weighted by atomic mass is 35.5. The molecule has 1 fully saturated rings.